The molecule has 0 aliphatic rings. The number of aromatic nitrogens is 3. The molecule has 1 amide bonds. The summed E-state index contributed by atoms with van der Waals surface area (Å²) in [5.41, 5.74) is -1.19. The molecule has 0 saturated carbocycles. The van der Waals surface area contributed by atoms with E-state index < -0.39 is 40.1 Å². The third kappa shape index (κ3) is 3.40. The van der Waals surface area contributed by atoms with Crippen LogP contribution < -0.4 is 0 Å². The number of halogens is 2. The summed E-state index contributed by atoms with van der Waals surface area (Å²) in [4.78, 5) is 18.9. The third-order valence-electron chi connectivity index (χ3n) is 3.62. The van der Waals surface area contributed by atoms with E-state index >= 15 is 4.39 Å². The lowest BCUT2D eigenvalue weighted by molar-refractivity contribution is 0.153. The maximum Gasteiger partial charge on any atom is 0.407 e. The van der Waals surface area contributed by atoms with E-state index in [1.807, 2.05) is 0 Å². The van der Waals surface area contributed by atoms with Gasteiger partial charge in [0.25, 0.3) is 10.0 Å². The zero-order valence-corrected chi connectivity index (χ0v) is 15.3. The Balaban J connectivity index is 2.26. The Bertz CT molecular complexity index is 1100. The highest BCUT2D eigenvalue weighted by molar-refractivity contribution is 7.92. The lowest BCUT2D eigenvalue weighted by atomic mass is 10.2. The van der Waals surface area contributed by atoms with Gasteiger partial charge in [-0.15, -0.1) is 11.3 Å². The predicted molar refractivity (Wildman–Crippen MR) is 91.8 cm³/mol. The van der Waals surface area contributed by atoms with Gasteiger partial charge in [-0.05, 0) is 12.1 Å². The van der Waals surface area contributed by atoms with Gasteiger partial charge in [0.1, 0.15) is 5.69 Å². The number of thiazole rings is 1. The number of hydrogen-bond donors (Lipinski definition) is 1. The van der Waals surface area contributed by atoms with Crippen molar-refractivity contribution in [2.24, 2.45) is 0 Å². The zero-order chi connectivity index (χ0) is 19.8. The van der Waals surface area contributed by atoms with Gasteiger partial charge >= 0.3 is 6.09 Å². The van der Waals surface area contributed by atoms with Gasteiger partial charge < -0.3 is 10.0 Å². The Labute approximate surface area is 156 Å². The van der Waals surface area contributed by atoms with Gasteiger partial charge in [-0.2, -0.15) is 12.8 Å². The second kappa shape index (κ2) is 7.04. The molecule has 0 atom stereocenters. The molecule has 142 valence electrons. The van der Waals surface area contributed by atoms with E-state index in [-0.39, 0.29) is 15.5 Å². The highest BCUT2D eigenvalue weighted by Gasteiger charge is 2.30. The van der Waals surface area contributed by atoms with Crippen molar-refractivity contribution in [2.45, 2.75) is 10.9 Å². The normalized spacial score (nSPS) is 11.5. The molecule has 3 rings (SSSR count). The third-order valence-corrected chi connectivity index (χ3v) is 6.46. The molecule has 27 heavy (non-hydrogen) atoms. The van der Waals surface area contributed by atoms with Crippen LogP contribution in [0, 0.1) is 11.8 Å². The fraction of sp³-hybridized carbons (Fsp3) is 0.133. The molecule has 8 nitrogen and oxygen atoms in total. The van der Waals surface area contributed by atoms with Crippen molar-refractivity contribution in [3.63, 3.8) is 0 Å². The molecule has 0 aromatic carbocycles. The van der Waals surface area contributed by atoms with Crippen LogP contribution in [0.15, 0.2) is 40.4 Å². The summed E-state index contributed by atoms with van der Waals surface area (Å²) in [6.07, 6.45) is 1.99. The molecule has 1 N–H and O–H groups in total. The maximum absolute atomic E-state index is 15.0. The number of rotatable bonds is 5. The van der Waals surface area contributed by atoms with Gasteiger partial charge in [0.15, 0.2) is 5.82 Å². The van der Waals surface area contributed by atoms with Crippen LogP contribution in [-0.4, -0.2) is 45.5 Å². The van der Waals surface area contributed by atoms with Crippen molar-refractivity contribution in [3.8, 4) is 11.3 Å². The molecule has 0 aliphatic carbocycles. The second-order valence-corrected chi connectivity index (χ2v) is 8.28. The molecule has 12 heteroatoms. The molecule has 0 unspecified atom stereocenters. The first kappa shape index (κ1) is 18.9. The molecule has 0 spiro atoms. The summed E-state index contributed by atoms with van der Waals surface area (Å²) < 4.78 is 55.2. The average Bonchev–Trinajstić information content (AvgIpc) is 3.25. The van der Waals surface area contributed by atoms with Crippen molar-refractivity contribution in [1.82, 2.24) is 18.8 Å². The van der Waals surface area contributed by atoms with Gasteiger partial charge in [-0.25, -0.2) is 23.1 Å². The topological polar surface area (TPSA) is 105 Å². The molecule has 3 heterocycles. The summed E-state index contributed by atoms with van der Waals surface area (Å²) in [5.74, 6) is -2.13. The smallest absolute Gasteiger partial charge is 0.407 e. The number of carbonyl (C=O) groups is 1. The lowest BCUT2D eigenvalue weighted by Crippen LogP contribution is -2.24. The molecule has 0 radical (unpaired) electrons. The average molecular weight is 414 g/mol. The minimum atomic E-state index is -4.33. The quantitative estimate of drug-likeness (QED) is 0.644. The maximum atomic E-state index is 15.0. The standard InChI is InChI=1S/C15H12F2N4O4S2/c1-20(15(22)23)7-9-8-21(27(24,25)14-19-5-6-26-14)12(11(9)16)10-3-2-4-18-13(10)17/h2-6,8H,7H2,1H3,(H,22,23). The Morgan fingerprint density at radius 2 is 2.07 bits per heavy atom. The summed E-state index contributed by atoms with van der Waals surface area (Å²) >= 11 is 0.810. The molecular weight excluding hydrogens is 402 g/mol. The van der Waals surface area contributed by atoms with Crippen LogP contribution in [0.1, 0.15) is 5.56 Å². The molecule has 3 aromatic rings. The molecule has 0 aliphatic heterocycles. The van der Waals surface area contributed by atoms with Crippen LogP contribution in [0.2, 0.25) is 0 Å². The van der Waals surface area contributed by atoms with Crippen LogP contribution in [-0.2, 0) is 16.6 Å². The van der Waals surface area contributed by atoms with E-state index in [4.69, 9.17) is 5.11 Å². The molecule has 0 fully saturated rings. The van der Waals surface area contributed by atoms with Crippen molar-refractivity contribution in [2.75, 3.05) is 7.05 Å². The largest absolute Gasteiger partial charge is 0.465 e. The summed E-state index contributed by atoms with van der Waals surface area (Å²) in [5, 5.41) is 10.4. The first-order valence-corrected chi connectivity index (χ1v) is 9.65. The highest BCUT2D eigenvalue weighted by atomic mass is 32.2. The number of amides is 1. The number of hydrogen-bond acceptors (Lipinski definition) is 6. The minimum Gasteiger partial charge on any atom is -0.465 e. The van der Waals surface area contributed by atoms with Gasteiger partial charge in [0.2, 0.25) is 10.3 Å². The second-order valence-electron chi connectivity index (χ2n) is 5.40. The Morgan fingerprint density at radius 3 is 2.67 bits per heavy atom. The van der Waals surface area contributed by atoms with E-state index in [1.165, 1.54) is 30.8 Å². The molecular formula is C15H12F2N4O4S2. The van der Waals surface area contributed by atoms with Crippen molar-refractivity contribution >= 4 is 27.5 Å². The molecule has 0 saturated heterocycles. The van der Waals surface area contributed by atoms with E-state index in [0.29, 0.717) is 3.97 Å². The summed E-state index contributed by atoms with van der Waals surface area (Å²) in [6, 6.07) is 2.51. The number of pyridine rings is 1. The summed E-state index contributed by atoms with van der Waals surface area (Å²) in [7, 11) is -3.13. The first-order valence-electron chi connectivity index (χ1n) is 7.33. The van der Waals surface area contributed by atoms with Crippen LogP contribution in [0.3, 0.4) is 0 Å². The van der Waals surface area contributed by atoms with Crippen LogP contribution in [0.5, 0.6) is 0 Å². The number of carboxylic acid groups (broad SMARTS) is 1. The zero-order valence-electron chi connectivity index (χ0n) is 13.7. The monoisotopic (exact) mass is 414 g/mol. The SMILES string of the molecule is CN(Cc1cn(S(=O)(=O)c2nccs2)c(-c2cccnc2F)c1F)C(=O)O. The van der Waals surface area contributed by atoms with Crippen LogP contribution in [0.25, 0.3) is 11.3 Å². The van der Waals surface area contributed by atoms with Gasteiger partial charge in [-0.3, -0.25) is 0 Å². The van der Waals surface area contributed by atoms with E-state index in [0.717, 1.165) is 28.6 Å². The molecule has 0 bridgehead atoms. The van der Waals surface area contributed by atoms with Gasteiger partial charge in [0.05, 0.1) is 12.1 Å². The Hall–Kier alpha value is -2.86. The minimum absolute atomic E-state index is 0.238. The van der Waals surface area contributed by atoms with Crippen LogP contribution in [0.4, 0.5) is 13.6 Å². The fourth-order valence-electron chi connectivity index (χ4n) is 2.36. The van der Waals surface area contributed by atoms with E-state index in [2.05, 4.69) is 9.97 Å². The lowest BCUT2D eigenvalue weighted by Gasteiger charge is -2.11. The van der Waals surface area contributed by atoms with Gasteiger partial charge in [-0.1, -0.05) is 0 Å². The van der Waals surface area contributed by atoms with Crippen molar-refractivity contribution in [3.05, 3.63) is 53.4 Å². The summed E-state index contributed by atoms with van der Waals surface area (Å²) in [6.45, 7) is -0.434. The van der Waals surface area contributed by atoms with Crippen LogP contribution >= 0.6 is 11.3 Å². The highest BCUT2D eigenvalue weighted by Crippen LogP contribution is 2.32. The Kier molecular flexibility index (Phi) is 4.93. The molecule has 3 aromatic heterocycles. The van der Waals surface area contributed by atoms with Crippen molar-refractivity contribution in [1.29, 1.82) is 0 Å². The Morgan fingerprint density at radius 1 is 1.33 bits per heavy atom. The van der Waals surface area contributed by atoms with Crippen molar-refractivity contribution < 1.29 is 27.1 Å². The fourth-order valence-corrected chi connectivity index (χ4v) is 4.66. The van der Waals surface area contributed by atoms with E-state index in [9.17, 15) is 17.6 Å². The van der Waals surface area contributed by atoms with Gasteiger partial charge in [0, 0.05) is 36.6 Å². The van der Waals surface area contributed by atoms with E-state index in [1.54, 1.807) is 0 Å². The predicted octanol–water partition coefficient (Wildman–Crippen LogP) is 2.63. The first-order chi connectivity index (χ1) is 12.7. The number of nitrogens with zero attached hydrogens (tertiary/aromatic N) is 4.